The first-order valence-electron chi connectivity index (χ1n) is 43.5. The summed E-state index contributed by atoms with van der Waals surface area (Å²) in [5.41, 5.74) is 28.3. The van der Waals surface area contributed by atoms with Gasteiger partial charge in [-0.05, 0) is 181 Å². The van der Waals surface area contributed by atoms with E-state index >= 15 is 0 Å². The van der Waals surface area contributed by atoms with Crippen molar-refractivity contribution in [3.63, 3.8) is 0 Å². The lowest BCUT2D eigenvalue weighted by atomic mass is 9.98. The third-order valence-electron chi connectivity index (χ3n) is 24.2. The maximum Gasteiger partial charge on any atom is 0.0979 e. The van der Waals surface area contributed by atoms with Crippen LogP contribution >= 0.6 is 0 Å². The first kappa shape index (κ1) is 77.6. The summed E-state index contributed by atoms with van der Waals surface area (Å²) in [6, 6.07) is 166. The van der Waals surface area contributed by atoms with E-state index in [1.54, 1.807) is 0 Å². The van der Waals surface area contributed by atoms with Gasteiger partial charge in [-0.3, -0.25) is 15.0 Å². The zero-order valence-electron chi connectivity index (χ0n) is 70.3. The summed E-state index contributed by atoms with van der Waals surface area (Å²) < 4.78 is 0. The molecule has 0 fully saturated rings. The van der Waals surface area contributed by atoms with Crippen LogP contribution in [0.25, 0.3) is 165 Å². The lowest BCUT2D eigenvalue weighted by molar-refractivity contribution is 1.28. The van der Waals surface area contributed by atoms with Gasteiger partial charge in [0.15, 0.2) is 0 Å². The number of aromatic nitrogens is 6. The Kier molecular flexibility index (Phi) is 20.9. The SMILES string of the molecule is c1ccc(N(c2ccccc2)c2ccc(-c3ccc(-c4cnc5c6ccccc6c6ccccc6c5n4)cc3)cc2)cc1.c1ccc(N(c2ccccc2)c2cccc(-c3ccc(-c4cnc5c6ccccc6c6ccccc6c5n4)cc3)c2)cc1.c1ccc(N(c2ccccc2)c2cccc(-c3cccc(-c4cnc5c6ccccc6c6ccccc6c5n4)c3)c2)cc1. The van der Waals surface area contributed by atoms with Crippen molar-refractivity contribution in [1.29, 1.82) is 0 Å². The Morgan fingerprint density at radius 3 is 0.620 bits per heavy atom. The van der Waals surface area contributed by atoms with E-state index in [1.165, 1.54) is 37.9 Å². The first-order chi connectivity index (χ1) is 64.0. The van der Waals surface area contributed by atoms with Crippen molar-refractivity contribution >= 4 is 149 Å². The van der Waals surface area contributed by atoms with Gasteiger partial charge in [-0.2, -0.15) is 0 Å². The number of fused-ring (bicyclic) bond motifs is 18. The van der Waals surface area contributed by atoms with Crippen molar-refractivity contribution in [3.8, 4) is 67.2 Å². The number of anilines is 9. The van der Waals surface area contributed by atoms with E-state index in [1.807, 2.05) is 30.7 Å². The van der Waals surface area contributed by atoms with Crippen LogP contribution in [-0.2, 0) is 0 Å². The fourth-order valence-corrected chi connectivity index (χ4v) is 18.1. The molecule has 9 heteroatoms. The highest BCUT2D eigenvalue weighted by atomic mass is 15.2. The molecule has 0 bridgehead atoms. The third-order valence-corrected chi connectivity index (χ3v) is 24.2. The second-order valence-electron chi connectivity index (χ2n) is 32.0. The number of benzene rings is 21. The lowest BCUT2D eigenvalue weighted by Crippen LogP contribution is -2.09. The molecule has 0 amide bonds. The van der Waals surface area contributed by atoms with Gasteiger partial charge < -0.3 is 14.7 Å². The van der Waals surface area contributed by atoms with Crippen LogP contribution in [0.4, 0.5) is 51.2 Å². The monoisotopic (exact) mass is 1650 g/mol. The molecule has 0 aliphatic rings. The van der Waals surface area contributed by atoms with Crippen LogP contribution in [0, 0.1) is 0 Å². The van der Waals surface area contributed by atoms with Crippen molar-refractivity contribution < 1.29 is 0 Å². The van der Waals surface area contributed by atoms with Crippen molar-refractivity contribution in [2.24, 2.45) is 0 Å². The van der Waals surface area contributed by atoms with Crippen molar-refractivity contribution in [2.45, 2.75) is 0 Å². The highest BCUT2D eigenvalue weighted by Gasteiger charge is 2.21. The third kappa shape index (κ3) is 15.3. The Bertz CT molecular complexity index is 7990. The fraction of sp³-hybridized carbons (Fsp3) is 0. The molecule has 0 atom stereocenters. The molecule has 21 aromatic carbocycles. The first-order valence-corrected chi connectivity index (χ1v) is 43.5. The smallest absolute Gasteiger partial charge is 0.0979 e. The average molecular weight is 1650 g/mol. The van der Waals surface area contributed by atoms with Crippen LogP contribution in [0.1, 0.15) is 0 Å². The molecule has 9 nitrogen and oxygen atoms in total. The summed E-state index contributed by atoms with van der Waals surface area (Å²) in [5.74, 6) is 0. The van der Waals surface area contributed by atoms with E-state index in [0.717, 1.165) is 178 Å². The van der Waals surface area contributed by atoms with Crippen LogP contribution in [0.15, 0.2) is 492 Å². The predicted molar refractivity (Wildman–Crippen MR) is 540 cm³/mol. The number of para-hydroxylation sites is 6. The molecular formula is C120H81N9. The maximum absolute atomic E-state index is 5.21. The summed E-state index contributed by atoms with van der Waals surface area (Å²) in [6.45, 7) is 0. The minimum absolute atomic E-state index is 0.862. The molecule has 24 aromatic rings. The van der Waals surface area contributed by atoms with E-state index in [9.17, 15) is 0 Å². The fourth-order valence-electron chi connectivity index (χ4n) is 18.1. The zero-order chi connectivity index (χ0) is 85.8. The highest BCUT2D eigenvalue weighted by Crippen LogP contribution is 2.44. The number of nitrogens with zero attached hydrogens (tertiary/aromatic N) is 9. The minimum atomic E-state index is 0.862. The normalized spacial score (nSPS) is 11.3. The lowest BCUT2D eigenvalue weighted by Gasteiger charge is -2.26. The predicted octanol–water partition coefficient (Wildman–Crippen LogP) is 32.2. The Morgan fingerprint density at radius 1 is 0.124 bits per heavy atom. The number of hydrogen-bond donors (Lipinski definition) is 0. The van der Waals surface area contributed by atoms with E-state index in [-0.39, 0.29) is 0 Å². The summed E-state index contributed by atoms with van der Waals surface area (Å²) in [7, 11) is 0. The van der Waals surface area contributed by atoms with Crippen LogP contribution in [0.2, 0.25) is 0 Å². The Labute approximate surface area is 747 Å². The summed E-state index contributed by atoms with van der Waals surface area (Å²) in [4.78, 5) is 37.2. The van der Waals surface area contributed by atoms with Gasteiger partial charge in [0, 0.05) is 100 Å². The van der Waals surface area contributed by atoms with Crippen LogP contribution in [0.5, 0.6) is 0 Å². The standard InChI is InChI=1S/3C40H27N3/c1-3-16-31(17-4-1)43(32-18-5-2-6-19-32)33-20-12-14-29(26-33)28-13-11-15-30(25-28)38-27-41-39-36-23-9-7-21-34(36)35-22-8-10-24-37(35)40(39)42-38;1-3-13-31(14-4-1)43(32-15-5-2-6-16-32)33-17-11-12-30(26-33)28-22-24-29(25-23-28)38-27-41-39-36-20-9-7-18-34(36)35-19-8-10-21-37(35)40(39)42-38;1-3-11-31(12-4-1)43(32-13-5-2-6-14-32)33-25-23-29(24-26-33)28-19-21-30(22-20-28)38-27-41-39-36-17-9-7-15-34(36)35-16-8-10-18-37(35)40(39)42-38/h3*1-27H. The Morgan fingerprint density at radius 2 is 0.318 bits per heavy atom. The van der Waals surface area contributed by atoms with Gasteiger partial charge in [-0.25, -0.2) is 15.0 Å². The molecule has 0 saturated carbocycles. The summed E-state index contributed by atoms with van der Waals surface area (Å²) >= 11 is 0. The molecule has 3 heterocycles. The molecular weight excluding hydrogens is 1570 g/mol. The van der Waals surface area contributed by atoms with E-state index in [0.29, 0.717) is 0 Å². The van der Waals surface area contributed by atoms with E-state index in [4.69, 9.17) is 29.9 Å². The van der Waals surface area contributed by atoms with E-state index < -0.39 is 0 Å². The van der Waals surface area contributed by atoms with E-state index in [2.05, 4.69) is 476 Å². The number of rotatable bonds is 15. The minimum Gasteiger partial charge on any atom is -0.311 e. The molecule has 3 aromatic heterocycles. The molecule has 0 aliphatic heterocycles. The highest BCUT2D eigenvalue weighted by molar-refractivity contribution is 6.25. The largest absolute Gasteiger partial charge is 0.311 e. The molecule has 0 unspecified atom stereocenters. The second kappa shape index (κ2) is 34.7. The van der Waals surface area contributed by atoms with Gasteiger partial charge in [-0.15, -0.1) is 0 Å². The van der Waals surface area contributed by atoms with Gasteiger partial charge in [0.05, 0.1) is 68.8 Å². The van der Waals surface area contributed by atoms with Crippen molar-refractivity contribution in [1.82, 2.24) is 29.9 Å². The van der Waals surface area contributed by atoms with Gasteiger partial charge in [0.1, 0.15) is 0 Å². The summed E-state index contributed by atoms with van der Waals surface area (Å²) in [6.07, 6.45) is 5.71. The number of hydrogen-bond acceptors (Lipinski definition) is 9. The van der Waals surface area contributed by atoms with Crippen molar-refractivity contribution in [3.05, 3.63) is 492 Å². The van der Waals surface area contributed by atoms with Crippen LogP contribution in [0.3, 0.4) is 0 Å². The van der Waals surface area contributed by atoms with Gasteiger partial charge >= 0.3 is 0 Å². The molecule has 0 aliphatic carbocycles. The molecule has 0 N–H and O–H groups in total. The average Bonchev–Trinajstić information content (AvgIpc) is 0.748. The molecule has 129 heavy (non-hydrogen) atoms. The molecule has 606 valence electrons. The maximum atomic E-state index is 5.21. The zero-order valence-corrected chi connectivity index (χ0v) is 70.3. The van der Waals surface area contributed by atoms with Gasteiger partial charge in [0.25, 0.3) is 0 Å². The Hall–Kier alpha value is -17.4. The second-order valence-corrected chi connectivity index (χ2v) is 32.0. The summed E-state index contributed by atoms with van der Waals surface area (Å²) in [5, 5.41) is 14.0. The Balaban J connectivity index is 0.000000114. The molecule has 0 spiro atoms. The van der Waals surface area contributed by atoms with Crippen molar-refractivity contribution in [2.75, 3.05) is 14.7 Å². The quantitative estimate of drug-likeness (QED) is 0.0932. The topological polar surface area (TPSA) is 87.1 Å². The van der Waals surface area contributed by atoms with Crippen LogP contribution in [-0.4, -0.2) is 29.9 Å². The van der Waals surface area contributed by atoms with Crippen LogP contribution < -0.4 is 14.7 Å². The van der Waals surface area contributed by atoms with Gasteiger partial charge in [0.2, 0.25) is 0 Å². The molecule has 0 saturated heterocycles. The van der Waals surface area contributed by atoms with Gasteiger partial charge in [-0.1, -0.05) is 358 Å². The molecule has 0 radical (unpaired) electrons. The molecule has 24 rings (SSSR count).